The van der Waals surface area contributed by atoms with Crippen molar-refractivity contribution in [2.24, 2.45) is 0 Å². The molecule has 1 aliphatic rings. The van der Waals surface area contributed by atoms with Crippen molar-refractivity contribution in [2.75, 3.05) is 24.3 Å². The minimum absolute atomic E-state index is 0.0325. The Kier molecular flexibility index (Phi) is 11.9. The second-order valence-corrected chi connectivity index (χ2v) is 12.5. The number of anilines is 1. The maximum Gasteiger partial charge on any atom is 0.348 e. The maximum atomic E-state index is 13.1. The van der Waals surface area contributed by atoms with E-state index in [0.717, 1.165) is 55.2 Å². The van der Waals surface area contributed by atoms with E-state index in [0.29, 0.717) is 22.1 Å². The quantitative estimate of drug-likeness (QED) is 0.103. The van der Waals surface area contributed by atoms with Crippen molar-refractivity contribution < 1.29 is 33.6 Å². The van der Waals surface area contributed by atoms with Gasteiger partial charge in [0.1, 0.15) is 9.88 Å². The molecule has 14 nitrogen and oxygen atoms in total. The smallest absolute Gasteiger partial charge is 0.348 e. The Balaban J connectivity index is 1.50. The van der Waals surface area contributed by atoms with Gasteiger partial charge in [0.15, 0.2) is 11.0 Å². The summed E-state index contributed by atoms with van der Waals surface area (Å²) in [7, 11) is 0. The highest BCUT2D eigenvalue weighted by atomic mass is 32.2. The van der Waals surface area contributed by atoms with Crippen LogP contribution < -0.4 is 10.6 Å². The molecule has 0 aliphatic heterocycles. The molecule has 2 amide bonds. The minimum atomic E-state index is -0.654. The third-order valence-corrected chi connectivity index (χ3v) is 9.55. The molecule has 1 aliphatic carbocycles. The molecule has 0 saturated heterocycles. The Morgan fingerprint density at radius 1 is 1.07 bits per heavy atom. The summed E-state index contributed by atoms with van der Waals surface area (Å²) in [5.74, 6) is -1.73. The summed E-state index contributed by atoms with van der Waals surface area (Å²) in [6.07, 6.45) is 4.92. The lowest BCUT2D eigenvalue weighted by molar-refractivity contribution is -0.385. The number of thioether (sulfide) groups is 1. The van der Waals surface area contributed by atoms with Gasteiger partial charge in [0.25, 0.3) is 11.6 Å². The Hall–Kier alpha value is -4.31. The van der Waals surface area contributed by atoms with Gasteiger partial charge < -0.3 is 24.7 Å². The molecule has 3 aromatic rings. The summed E-state index contributed by atoms with van der Waals surface area (Å²) in [4.78, 5) is 62.3. The molecule has 0 spiro atoms. The molecule has 2 heterocycles. The summed E-state index contributed by atoms with van der Waals surface area (Å²) >= 11 is 2.11. The molecule has 0 unspecified atom stereocenters. The van der Waals surface area contributed by atoms with E-state index < -0.39 is 28.7 Å². The number of nitro benzene ring substituents is 1. The second-order valence-electron chi connectivity index (χ2n) is 10.5. The first-order chi connectivity index (χ1) is 22.0. The van der Waals surface area contributed by atoms with Gasteiger partial charge in [0.2, 0.25) is 5.91 Å². The van der Waals surface area contributed by atoms with Crippen molar-refractivity contribution in [3.63, 3.8) is 0 Å². The largest absolute Gasteiger partial charge is 0.462 e. The number of hydrogen-bond acceptors (Lipinski definition) is 12. The molecule has 2 N–H and O–H groups in total. The van der Waals surface area contributed by atoms with Gasteiger partial charge in [-0.1, -0.05) is 37.1 Å². The van der Waals surface area contributed by atoms with Gasteiger partial charge in [-0.3, -0.25) is 19.7 Å². The molecule has 1 aromatic carbocycles. The third kappa shape index (κ3) is 8.09. The van der Waals surface area contributed by atoms with Crippen molar-refractivity contribution >= 4 is 57.5 Å². The van der Waals surface area contributed by atoms with Crippen LogP contribution in [-0.2, 0) is 20.8 Å². The average molecular weight is 673 g/mol. The Morgan fingerprint density at radius 3 is 2.43 bits per heavy atom. The number of carbonyl (C=O) groups excluding carboxylic acids is 4. The minimum Gasteiger partial charge on any atom is -0.462 e. The van der Waals surface area contributed by atoms with Gasteiger partial charge in [-0.15, -0.1) is 21.5 Å². The van der Waals surface area contributed by atoms with Crippen molar-refractivity contribution in [2.45, 2.75) is 77.5 Å². The lowest BCUT2D eigenvalue weighted by atomic mass is 9.95. The fraction of sp³-hybridized carbons (Fsp3) is 0.467. The second kappa shape index (κ2) is 15.8. The molecule has 46 heavy (non-hydrogen) atoms. The lowest BCUT2D eigenvalue weighted by Crippen LogP contribution is -2.26. The number of aryl methyl sites for hydroxylation is 1. The molecule has 4 rings (SSSR count). The van der Waals surface area contributed by atoms with Gasteiger partial charge in [0.05, 0.1) is 36.0 Å². The van der Waals surface area contributed by atoms with Gasteiger partial charge in [0, 0.05) is 23.2 Å². The average Bonchev–Trinajstić information content (AvgIpc) is 3.59. The van der Waals surface area contributed by atoms with Crippen LogP contribution >= 0.6 is 23.1 Å². The predicted molar refractivity (Wildman–Crippen MR) is 171 cm³/mol. The number of nitrogens with one attached hydrogen (secondary N) is 2. The number of benzene rings is 1. The fourth-order valence-corrected chi connectivity index (χ4v) is 7.11. The van der Waals surface area contributed by atoms with E-state index in [-0.39, 0.29) is 58.2 Å². The Labute approximate surface area is 273 Å². The summed E-state index contributed by atoms with van der Waals surface area (Å²) in [6, 6.07) is 4.38. The molecule has 0 atom stereocenters. The molecule has 0 bridgehead atoms. The van der Waals surface area contributed by atoms with Gasteiger partial charge >= 0.3 is 11.9 Å². The van der Waals surface area contributed by atoms with E-state index in [9.17, 15) is 29.3 Å². The number of rotatable bonds is 13. The highest BCUT2D eigenvalue weighted by molar-refractivity contribution is 7.99. The van der Waals surface area contributed by atoms with Crippen molar-refractivity contribution in [1.82, 2.24) is 20.1 Å². The van der Waals surface area contributed by atoms with Crippen LogP contribution in [0, 0.1) is 24.0 Å². The van der Waals surface area contributed by atoms with E-state index >= 15 is 0 Å². The van der Waals surface area contributed by atoms with Crippen LogP contribution in [0.25, 0.3) is 0 Å². The molecule has 2 aromatic heterocycles. The highest BCUT2D eigenvalue weighted by Crippen LogP contribution is 2.36. The normalized spacial score (nSPS) is 13.2. The van der Waals surface area contributed by atoms with E-state index in [4.69, 9.17) is 9.47 Å². The zero-order valence-electron chi connectivity index (χ0n) is 26.0. The van der Waals surface area contributed by atoms with Crippen LogP contribution in [0.15, 0.2) is 23.4 Å². The van der Waals surface area contributed by atoms with E-state index in [1.807, 2.05) is 4.57 Å². The molecule has 16 heteroatoms. The number of hydrogen-bond donors (Lipinski definition) is 2. The lowest BCUT2D eigenvalue weighted by Gasteiger charge is -2.25. The molecule has 1 fully saturated rings. The van der Waals surface area contributed by atoms with E-state index in [1.165, 1.54) is 18.2 Å². The number of esters is 2. The Morgan fingerprint density at radius 2 is 1.76 bits per heavy atom. The molecular formula is C30H36N6O8S2. The Bertz CT molecular complexity index is 1630. The summed E-state index contributed by atoms with van der Waals surface area (Å²) in [6.45, 7) is 6.86. The first kappa shape index (κ1) is 34.6. The molecule has 1 saturated carbocycles. The van der Waals surface area contributed by atoms with Crippen LogP contribution in [0.2, 0.25) is 0 Å². The zero-order chi connectivity index (χ0) is 33.4. The van der Waals surface area contributed by atoms with Crippen LogP contribution in [0.5, 0.6) is 0 Å². The summed E-state index contributed by atoms with van der Waals surface area (Å²) in [5.41, 5.74) is 0.947. The van der Waals surface area contributed by atoms with Gasteiger partial charge in [-0.05, 0) is 52.2 Å². The molecule has 246 valence electrons. The summed E-state index contributed by atoms with van der Waals surface area (Å²) < 4.78 is 12.2. The third-order valence-electron chi connectivity index (χ3n) is 7.42. The van der Waals surface area contributed by atoms with Crippen LogP contribution in [0.4, 0.5) is 10.7 Å². The van der Waals surface area contributed by atoms with Gasteiger partial charge in [-0.2, -0.15) is 0 Å². The zero-order valence-corrected chi connectivity index (χ0v) is 27.7. The number of carbonyl (C=O) groups is 4. The number of nitrogens with zero attached hydrogens (tertiary/aromatic N) is 4. The van der Waals surface area contributed by atoms with E-state index in [1.54, 1.807) is 27.7 Å². The standard InChI is InChI=1S/C30H36N6O8S2/c1-5-43-28(39)24-18(4)25(29(40)44-6-2)46-27(24)32-23(37)16-45-30-34-33-22(35(30)20-10-8-7-9-11-20)15-31-26(38)19-13-12-17(3)21(14-19)36(41)42/h12-14,20H,5-11,15-16H2,1-4H3,(H,31,38)(H,32,37). The fourth-order valence-electron chi connectivity index (χ4n) is 5.18. The monoisotopic (exact) mass is 672 g/mol. The topological polar surface area (TPSA) is 185 Å². The summed E-state index contributed by atoms with van der Waals surface area (Å²) in [5, 5.41) is 26.2. The first-order valence-corrected chi connectivity index (χ1v) is 16.7. The maximum absolute atomic E-state index is 13.1. The predicted octanol–water partition coefficient (Wildman–Crippen LogP) is 5.38. The number of ether oxygens (including phenoxy) is 2. The highest BCUT2D eigenvalue weighted by Gasteiger charge is 2.28. The van der Waals surface area contributed by atoms with Crippen molar-refractivity contribution in [1.29, 1.82) is 0 Å². The number of thiophene rings is 1. The van der Waals surface area contributed by atoms with Crippen LogP contribution in [0.3, 0.4) is 0 Å². The number of aromatic nitrogens is 3. The van der Waals surface area contributed by atoms with Crippen molar-refractivity contribution in [3.05, 3.63) is 61.3 Å². The van der Waals surface area contributed by atoms with E-state index in [2.05, 4.69) is 20.8 Å². The number of amides is 2. The molecular weight excluding hydrogens is 636 g/mol. The van der Waals surface area contributed by atoms with Gasteiger partial charge in [-0.25, -0.2) is 9.59 Å². The van der Waals surface area contributed by atoms with Crippen LogP contribution in [-0.4, -0.2) is 62.4 Å². The number of nitro groups is 1. The first-order valence-electron chi connectivity index (χ1n) is 14.9. The van der Waals surface area contributed by atoms with Crippen LogP contribution in [0.1, 0.15) is 99.3 Å². The SMILES string of the molecule is CCOC(=O)c1sc(NC(=O)CSc2nnc(CNC(=O)c3ccc(C)c([N+](=O)[O-])c3)n2C2CCCCC2)c(C(=O)OCC)c1C. The molecule has 0 radical (unpaired) electrons. The van der Waals surface area contributed by atoms with Crippen molar-refractivity contribution in [3.8, 4) is 0 Å².